The van der Waals surface area contributed by atoms with Crippen LogP contribution in [0.3, 0.4) is 0 Å². The minimum atomic E-state index is 0.494. The van der Waals surface area contributed by atoms with Crippen molar-refractivity contribution in [1.82, 2.24) is 4.98 Å². The number of hydrogen-bond donors (Lipinski definition) is 1. The third kappa shape index (κ3) is 2.62. The standard InChI is InChI=1S/C19H21ClN2O/c1-23-5-4-11-6-12-8-13(7-11)18-17(9-12)22-16-10-14(20)2-3-15(16)19(18)21/h2-3,6,10,12-13H,4-5,7-9H2,1H3,(H2,21,22). The monoisotopic (exact) mass is 328 g/mol. The molecule has 0 saturated heterocycles. The summed E-state index contributed by atoms with van der Waals surface area (Å²) in [6.45, 7) is 0.794. The normalized spacial score (nSPS) is 22.8. The molecule has 1 heterocycles. The molecule has 0 amide bonds. The Labute approximate surface area is 141 Å². The zero-order valence-corrected chi connectivity index (χ0v) is 14.1. The summed E-state index contributed by atoms with van der Waals surface area (Å²) in [7, 11) is 1.76. The number of hydrogen-bond acceptors (Lipinski definition) is 3. The highest BCUT2D eigenvalue weighted by atomic mass is 35.5. The van der Waals surface area contributed by atoms with Gasteiger partial charge in [0.2, 0.25) is 0 Å². The highest BCUT2D eigenvalue weighted by Crippen LogP contribution is 2.47. The Morgan fingerprint density at radius 1 is 1.35 bits per heavy atom. The van der Waals surface area contributed by atoms with Gasteiger partial charge in [-0.3, -0.25) is 4.98 Å². The number of methoxy groups -OCH3 is 1. The van der Waals surface area contributed by atoms with Crippen LogP contribution in [0.1, 0.15) is 36.4 Å². The Balaban J connectivity index is 1.77. The summed E-state index contributed by atoms with van der Waals surface area (Å²) in [6, 6.07) is 5.80. The van der Waals surface area contributed by atoms with E-state index in [1.165, 1.54) is 23.3 Å². The average molecular weight is 329 g/mol. The van der Waals surface area contributed by atoms with Crippen molar-refractivity contribution < 1.29 is 4.74 Å². The van der Waals surface area contributed by atoms with Crippen molar-refractivity contribution in [2.24, 2.45) is 5.92 Å². The van der Waals surface area contributed by atoms with Crippen LogP contribution < -0.4 is 5.73 Å². The van der Waals surface area contributed by atoms with E-state index < -0.39 is 0 Å². The number of nitrogen functional groups attached to an aromatic ring is 1. The molecule has 2 N–H and O–H groups in total. The van der Waals surface area contributed by atoms with E-state index >= 15 is 0 Å². The number of rotatable bonds is 3. The van der Waals surface area contributed by atoms with Gasteiger partial charge in [-0.05, 0) is 55.7 Å². The number of pyridine rings is 1. The third-order valence-electron chi connectivity index (χ3n) is 5.16. The fourth-order valence-corrected chi connectivity index (χ4v) is 4.37. The van der Waals surface area contributed by atoms with E-state index in [2.05, 4.69) is 6.08 Å². The number of allylic oxidation sites excluding steroid dienone is 1. The molecule has 1 aromatic heterocycles. The zero-order chi connectivity index (χ0) is 16.0. The maximum atomic E-state index is 6.54. The van der Waals surface area contributed by atoms with Crippen LogP contribution in [0.15, 0.2) is 29.8 Å². The van der Waals surface area contributed by atoms with Gasteiger partial charge in [-0.15, -0.1) is 0 Å². The molecule has 0 radical (unpaired) electrons. The molecule has 0 fully saturated rings. The molecule has 4 heteroatoms. The SMILES string of the molecule is COCCC1=CC2Cc3nc4cc(Cl)ccc4c(N)c3C(C1)C2. The highest BCUT2D eigenvalue weighted by molar-refractivity contribution is 6.31. The number of ether oxygens (including phenoxy) is 1. The smallest absolute Gasteiger partial charge is 0.0741 e. The van der Waals surface area contributed by atoms with Gasteiger partial charge in [0.05, 0.1) is 5.52 Å². The lowest BCUT2D eigenvalue weighted by atomic mass is 9.70. The summed E-state index contributed by atoms with van der Waals surface area (Å²) in [4.78, 5) is 4.89. The number of halogens is 1. The topological polar surface area (TPSA) is 48.1 Å². The van der Waals surface area contributed by atoms with Crippen LogP contribution in [-0.2, 0) is 11.2 Å². The second-order valence-electron chi connectivity index (χ2n) is 6.72. The maximum Gasteiger partial charge on any atom is 0.0741 e. The number of nitrogens with two attached hydrogens (primary N) is 1. The predicted molar refractivity (Wildman–Crippen MR) is 94.9 cm³/mol. The minimum Gasteiger partial charge on any atom is -0.398 e. The predicted octanol–water partition coefficient (Wildman–Crippen LogP) is 4.48. The molecule has 2 aromatic rings. The van der Waals surface area contributed by atoms with Crippen LogP contribution in [0.4, 0.5) is 5.69 Å². The molecule has 3 nitrogen and oxygen atoms in total. The fourth-order valence-electron chi connectivity index (χ4n) is 4.21. The molecule has 0 aliphatic heterocycles. The quantitative estimate of drug-likeness (QED) is 0.845. The number of anilines is 1. The first kappa shape index (κ1) is 15.0. The van der Waals surface area contributed by atoms with Gasteiger partial charge in [0.1, 0.15) is 0 Å². The summed E-state index contributed by atoms with van der Waals surface area (Å²) in [5.74, 6) is 1.07. The van der Waals surface area contributed by atoms with Gasteiger partial charge in [0, 0.05) is 41.1 Å². The minimum absolute atomic E-state index is 0.494. The fraction of sp³-hybridized carbons (Fsp3) is 0.421. The van der Waals surface area contributed by atoms with Crippen LogP contribution in [0.25, 0.3) is 10.9 Å². The first-order chi connectivity index (χ1) is 11.2. The number of benzene rings is 1. The molecule has 4 rings (SSSR count). The summed E-state index contributed by atoms with van der Waals surface area (Å²) >= 11 is 6.12. The Morgan fingerprint density at radius 2 is 2.22 bits per heavy atom. The lowest BCUT2D eigenvalue weighted by Crippen LogP contribution is -2.25. The van der Waals surface area contributed by atoms with Crippen molar-refractivity contribution in [3.05, 3.63) is 46.1 Å². The van der Waals surface area contributed by atoms with Crippen LogP contribution in [0, 0.1) is 5.92 Å². The van der Waals surface area contributed by atoms with E-state index in [4.69, 9.17) is 27.1 Å². The molecular weight excluding hydrogens is 308 g/mol. The van der Waals surface area contributed by atoms with Crippen molar-refractivity contribution >= 4 is 28.2 Å². The van der Waals surface area contributed by atoms with E-state index in [-0.39, 0.29) is 0 Å². The Hall–Kier alpha value is -1.58. The van der Waals surface area contributed by atoms with Gasteiger partial charge in [-0.25, -0.2) is 0 Å². The molecule has 1 aromatic carbocycles. The lowest BCUT2D eigenvalue weighted by molar-refractivity contribution is 0.200. The molecule has 2 atom stereocenters. The first-order valence-corrected chi connectivity index (χ1v) is 8.59. The molecule has 2 unspecified atom stereocenters. The Kier molecular flexibility index (Phi) is 3.78. The van der Waals surface area contributed by atoms with Crippen LogP contribution in [-0.4, -0.2) is 18.7 Å². The van der Waals surface area contributed by atoms with Gasteiger partial charge >= 0.3 is 0 Å². The van der Waals surface area contributed by atoms with Crippen molar-refractivity contribution in [2.45, 2.75) is 31.6 Å². The molecule has 2 bridgehead atoms. The van der Waals surface area contributed by atoms with Crippen molar-refractivity contribution in [1.29, 1.82) is 0 Å². The summed E-state index contributed by atoms with van der Waals surface area (Å²) in [5.41, 5.74) is 12.3. The second-order valence-corrected chi connectivity index (χ2v) is 7.15. The zero-order valence-electron chi connectivity index (χ0n) is 13.3. The van der Waals surface area contributed by atoms with Gasteiger partial charge < -0.3 is 10.5 Å². The average Bonchev–Trinajstić information content (AvgIpc) is 2.52. The van der Waals surface area contributed by atoms with Crippen molar-refractivity contribution in [2.75, 3.05) is 19.5 Å². The number of nitrogens with zero attached hydrogens (tertiary/aromatic N) is 1. The van der Waals surface area contributed by atoms with E-state index in [0.29, 0.717) is 16.9 Å². The number of aromatic nitrogens is 1. The maximum absolute atomic E-state index is 6.54. The van der Waals surface area contributed by atoms with E-state index in [0.717, 1.165) is 42.5 Å². The molecule has 2 aliphatic rings. The van der Waals surface area contributed by atoms with E-state index in [9.17, 15) is 0 Å². The molecule has 0 saturated carbocycles. The summed E-state index contributed by atoms with van der Waals surface area (Å²) < 4.78 is 5.24. The molecule has 23 heavy (non-hydrogen) atoms. The Bertz CT molecular complexity index is 800. The summed E-state index contributed by atoms with van der Waals surface area (Å²) in [6.07, 6.45) is 6.72. The molecule has 2 aliphatic carbocycles. The van der Waals surface area contributed by atoms with E-state index in [1.807, 2.05) is 18.2 Å². The van der Waals surface area contributed by atoms with Gasteiger partial charge in [0.25, 0.3) is 0 Å². The molecular formula is C19H21ClN2O. The highest BCUT2D eigenvalue weighted by Gasteiger charge is 2.33. The second kappa shape index (κ2) is 5.81. The lowest BCUT2D eigenvalue weighted by Gasteiger charge is -2.36. The third-order valence-corrected chi connectivity index (χ3v) is 5.40. The van der Waals surface area contributed by atoms with Crippen LogP contribution in [0.5, 0.6) is 0 Å². The first-order valence-electron chi connectivity index (χ1n) is 8.21. The van der Waals surface area contributed by atoms with Gasteiger partial charge in [-0.2, -0.15) is 0 Å². The van der Waals surface area contributed by atoms with Crippen LogP contribution in [0.2, 0.25) is 5.02 Å². The van der Waals surface area contributed by atoms with Gasteiger partial charge in [-0.1, -0.05) is 23.3 Å². The van der Waals surface area contributed by atoms with E-state index in [1.54, 1.807) is 7.11 Å². The van der Waals surface area contributed by atoms with Crippen molar-refractivity contribution in [3.8, 4) is 0 Å². The van der Waals surface area contributed by atoms with Gasteiger partial charge in [0.15, 0.2) is 0 Å². The Morgan fingerprint density at radius 3 is 3.04 bits per heavy atom. The summed E-state index contributed by atoms with van der Waals surface area (Å²) in [5, 5.41) is 1.74. The largest absolute Gasteiger partial charge is 0.398 e. The number of fused-ring (bicyclic) bond motifs is 5. The van der Waals surface area contributed by atoms with Crippen LogP contribution >= 0.6 is 11.6 Å². The molecule has 0 spiro atoms. The molecule has 120 valence electrons. The van der Waals surface area contributed by atoms with Crippen molar-refractivity contribution in [3.63, 3.8) is 0 Å².